The predicted molar refractivity (Wildman–Crippen MR) is 97.3 cm³/mol. The highest BCUT2D eigenvalue weighted by atomic mass is 16.2. The molecule has 1 aromatic carbocycles. The maximum absolute atomic E-state index is 12.3. The average Bonchev–Trinajstić information content (AvgIpc) is 2.66. The lowest BCUT2D eigenvalue weighted by Gasteiger charge is -2.28. The van der Waals surface area contributed by atoms with Crippen molar-refractivity contribution in [1.82, 2.24) is 15.6 Å². The topological polar surface area (TPSA) is 74.3 Å². The fourth-order valence-electron chi connectivity index (χ4n) is 2.60. The summed E-state index contributed by atoms with van der Waals surface area (Å²) in [4.78, 5) is 29.8. The summed E-state index contributed by atoms with van der Waals surface area (Å²) in [6.07, 6.45) is 5.44. The van der Waals surface area contributed by atoms with Crippen LogP contribution in [0.2, 0.25) is 0 Å². The minimum absolute atomic E-state index is 0.0138. The molecule has 1 aromatic heterocycles. The molecule has 0 bridgehead atoms. The first-order chi connectivity index (χ1) is 12.2. The van der Waals surface area contributed by atoms with Crippen LogP contribution >= 0.6 is 0 Å². The minimum atomic E-state index is -0.235. The van der Waals surface area contributed by atoms with E-state index in [4.69, 9.17) is 0 Å². The van der Waals surface area contributed by atoms with E-state index in [1.54, 1.807) is 12.3 Å². The molecule has 1 aliphatic heterocycles. The van der Waals surface area contributed by atoms with Gasteiger partial charge >= 0.3 is 0 Å². The zero-order chi connectivity index (χ0) is 17.5. The van der Waals surface area contributed by atoms with E-state index >= 15 is 0 Å². The molecule has 6 heteroatoms. The van der Waals surface area contributed by atoms with Crippen LogP contribution in [0.3, 0.4) is 0 Å². The Bertz CT molecular complexity index is 774. The summed E-state index contributed by atoms with van der Waals surface area (Å²) < 4.78 is 0. The largest absolute Gasteiger partial charge is 0.360 e. The van der Waals surface area contributed by atoms with Crippen LogP contribution in [-0.4, -0.2) is 43.0 Å². The van der Waals surface area contributed by atoms with Crippen LogP contribution in [0.4, 0.5) is 5.69 Å². The highest BCUT2D eigenvalue weighted by Gasteiger charge is 2.17. The second-order valence-corrected chi connectivity index (χ2v) is 5.69. The summed E-state index contributed by atoms with van der Waals surface area (Å²) in [6, 6.07) is 13.4. The predicted octanol–water partition coefficient (Wildman–Crippen LogP) is 1.46. The fraction of sp³-hybridized carbons (Fsp3) is 0.211. The average molecular weight is 336 g/mol. The second kappa shape index (κ2) is 8.10. The molecule has 3 rings (SSSR count). The Morgan fingerprint density at radius 2 is 2.12 bits per heavy atom. The molecule has 0 saturated carbocycles. The summed E-state index contributed by atoms with van der Waals surface area (Å²) in [5.41, 5.74) is 2.26. The number of carbonyl (C=O) groups excluding carboxylic acids is 2. The van der Waals surface area contributed by atoms with Crippen molar-refractivity contribution in [2.24, 2.45) is 0 Å². The van der Waals surface area contributed by atoms with E-state index in [1.165, 1.54) is 0 Å². The SMILES string of the molecule is O=C1CN(c2ccnc(C(=O)NC/C=C/c3ccccc3)c2)CCN1. The number of aromatic nitrogens is 1. The highest BCUT2D eigenvalue weighted by Crippen LogP contribution is 2.15. The van der Waals surface area contributed by atoms with Crippen molar-refractivity contribution in [3.8, 4) is 0 Å². The van der Waals surface area contributed by atoms with Crippen LogP contribution < -0.4 is 15.5 Å². The first-order valence-corrected chi connectivity index (χ1v) is 8.20. The number of piperazine rings is 1. The van der Waals surface area contributed by atoms with Crippen molar-refractivity contribution < 1.29 is 9.59 Å². The van der Waals surface area contributed by atoms with Crippen molar-refractivity contribution in [3.63, 3.8) is 0 Å². The highest BCUT2D eigenvalue weighted by molar-refractivity contribution is 5.93. The molecule has 128 valence electrons. The lowest BCUT2D eigenvalue weighted by molar-refractivity contribution is -0.120. The van der Waals surface area contributed by atoms with Crippen LogP contribution in [0.1, 0.15) is 16.1 Å². The van der Waals surface area contributed by atoms with E-state index in [9.17, 15) is 9.59 Å². The molecule has 0 radical (unpaired) electrons. The number of hydrogen-bond acceptors (Lipinski definition) is 4. The number of pyridine rings is 1. The molecule has 0 aliphatic carbocycles. The second-order valence-electron chi connectivity index (χ2n) is 5.69. The van der Waals surface area contributed by atoms with Gasteiger partial charge in [0, 0.05) is 31.5 Å². The Balaban J connectivity index is 1.58. The van der Waals surface area contributed by atoms with Gasteiger partial charge in [0.2, 0.25) is 5.91 Å². The molecule has 2 amide bonds. The zero-order valence-electron chi connectivity index (χ0n) is 13.8. The van der Waals surface area contributed by atoms with Gasteiger partial charge in [0.25, 0.3) is 5.91 Å². The third kappa shape index (κ3) is 4.67. The third-order valence-electron chi connectivity index (χ3n) is 3.87. The molecular formula is C19H20N4O2. The Hall–Kier alpha value is -3.15. The van der Waals surface area contributed by atoms with Crippen molar-refractivity contribution in [2.45, 2.75) is 0 Å². The molecular weight excluding hydrogens is 316 g/mol. The van der Waals surface area contributed by atoms with Gasteiger partial charge in [0.05, 0.1) is 6.54 Å². The zero-order valence-corrected chi connectivity index (χ0v) is 13.8. The van der Waals surface area contributed by atoms with E-state index in [0.717, 1.165) is 17.8 Å². The van der Waals surface area contributed by atoms with Crippen molar-refractivity contribution >= 4 is 23.6 Å². The molecule has 1 saturated heterocycles. The van der Waals surface area contributed by atoms with Crippen molar-refractivity contribution in [1.29, 1.82) is 0 Å². The van der Waals surface area contributed by atoms with Gasteiger partial charge in [-0.1, -0.05) is 42.5 Å². The molecule has 2 heterocycles. The summed E-state index contributed by atoms with van der Waals surface area (Å²) in [5.74, 6) is -0.249. The number of benzene rings is 1. The van der Waals surface area contributed by atoms with Gasteiger partial charge in [0.1, 0.15) is 5.69 Å². The molecule has 6 nitrogen and oxygen atoms in total. The van der Waals surface area contributed by atoms with Gasteiger partial charge in [0.15, 0.2) is 0 Å². The van der Waals surface area contributed by atoms with Crippen molar-refractivity contribution in [3.05, 3.63) is 66.0 Å². The third-order valence-corrected chi connectivity index (χ3v) is 3.87. The summed E-state index contributed by atoms with van der Waals surface area (Å²) in [6.45, 7) is 2.04. The first kappa shape index (κ1) is 16.7. The van der Waals surface area contributed by atoms with Gasteiger partial charge in [-0.2, -0.15) is 0 Å². The number of nitrogens with zero attached hydrogens (tertiary/aromatic N) is 2. The maximum Gasteiger partial charge on any atom is 0.270 e. The van der Waals surface area contributed by atoms with Crippen LogP contribution in [0.15, 0.2) is 54.7 Å². The lowest BCUT2D eigenvalue weighted by Crippen LogP contribution is -2.47. The number of anilines is 1. The van der Waals surface area contributed by atoms with Gasteiger partial charge in [-0.05, 0) is 17.7 Å². The molecule has 25 heavy (non-hydrogen) atoms. The first-order valence-electron chi connectivity index (χ1n) is 8.20. The van der Waals surface area contributed by atoms with E-state index in [1.807, 2.05) is 53.5 Å². The Kier molecular flexibility index (Phi) is 5.41. The fourth-order valence-corrected chi connectivity index (χ4v) is 2.60. The molecule has 1 aliphatic rings. The number of hydrogen-bond donors (Lipinski definition) is 2. The Morgan fingerprint density at radius 1 is 1.28 bits per heavy atom. The molecule has 0 spiro atoms. The van der Waals surface area contributed by atoms with E-state index < -0.39 is 0 Å². The van der Waals surface area contributed by atoms with Crippen LogP contribution in [0.25, 0.3) is 6.08 Å². The van der Waals surface area contributed by atoms with Crippen LogP contribution in [-0.2, 0) is 4.79 Å². The Morgan fingerprint density at radius 3 is 2.92 bits per heavy atom. The van der Waals surface area contributed by atoms with E-state index in [-0.39, 0.29) is 11.8 Å². The van der Waals surface area contributed by atoms with Gasteiger partial charge in [-0.25, -0.2) is 0 Å². The van der Waals surface area contributed by atoms with Gasteiger partial charge in [-0.3, -0.25) is 14.6 Å². The van der Waals surface area contributed by atoms with E-state index in [0.29, 0.717) is 25.3 Å². The molecule has 2 aromatic rings. The normalized spacial score (nSPS) is 14.4. The summed E-state index contributed by atoms with van der Waals surface area (Å²) >= 11 is 0. The maximum atomic E-state index is 12.3. The number of nitrogens with one attached hydrogen (secondary N) is 2. The number of rotatable bonds is 5. The van der Waals surface area contributed by atoms with Gasteiger partial charge in [-0.15, -0.1) is 0 Å². The quantitative estimate of drug-likeness (QED) is 0.867. The molecule has 1 fully saturated rings. The van der Waals surface area contributed by atoms with Crippen molar-refractivity contribution in [2.75, 3.05) is 31.1 Å². The standard InChI is InChI=1S/C19H20N4O2/c24-18-14-23(12-11-21-18)16-8-10-20-17(13-16)19(25)22-9-4-7-15-5-2-1-3-6-15/h1-8,10,13H,9,11-12,14H2,(H,21,24)(H,22,25)/b7-4+. The number of carbonyl (C=O) groups is 2. The Labute approximate surface area is 146 Å². The molecule has 2 N–H and O–H groups in total. The van der Waals surface area contributed by atoms with Crippen LogP contribution in [0.5, 0.6) is 0 Å². The minimum Gasteiger partial charge on any atom is -0.360 e. The van der Waals surface area contributed by atoms with Gasteiger partial charge < -0.3 is 15.5 Å². The summed E-state index contributed by atoms with van der Waals surface area (Å²) in [7, 11) is 0. The summed E-state index contributed by atoms with van der Waals surface area (Å²) in [5, 5.41) is 5.61. The van der Waals surface area contributed by atoms with E-state index in [2.05, 4.69) is 15.6 Å². The van der Waals surface area contributed by atoms with Crippen LogP contribution in [0, 0.1) is 0 Å². The molecule has 0 atom stereocenters. The lowest BCUT2D eigenvalue weighted by atomic mass is 10.2. The monoisotopic (exact) mass is 336 g/mol. The molecule has 0 unspecified atom stereocenters. The number of amides is 2. The smallest absolute Gasteiger partial charge is 0.270 e.